The molecular weight excluding hydrogens is 393 g/mol. The fourth-order valence-corrected chi connectivity index (χ4v) is 3.09. The van der Waals surface area contributed by atoms with Gasteiger partial charge in [-0.25, -0.2) is 4.79 Å². The predicted octanol–water partition coefficient (Wildman–Crippen LogP) is 4.44. The summed E-state index contributed by atoms with van der Waals surface area (Å²) in [6.45, 7) is 8.18. The summed E-state index contributed by atoms with van der Waals surface area (Å²) in [4.78, 5) is 23.7. The van der Waals surface area contributed by atoms with Crippen molar-refractivity contribution in [2.75, 3.05) is 6.54 Å². The fraction of sp³-hybridized carbons (Fsp3) is 0.333. The third-order valence-electron chi connectivity index (χ3n) is 5.67. The Labute approximate surface area is 183 Å². The van der Waals surface area contributed by atoms with Crippen LogP contribution in [0.3, 0.4) is 0 Å². The van der Waals surface area contributed by atoms with E-state index in [9.17, 15) is 9.59 Å². The van der Waals surface area contributed by atoms with Gasteiger partial charge in [-0.2, -0.15) is 0 Å². The van der Waals surface area contributed by atoms with Crippen LogP contribution >= 0.6 is 0 Å². The molecule has 31 heavy (non-hydrogen) atoms. The molecular formula is C24H28BNO5. The average Bonchev–Trinajstić information content (AvgIpc) is 2.97. The number of hydrogen-bond acceptors (Lipinski definition) is 5. The van der Waals surface area contributed by atoms with Crippen molar-refractivity contribution >= 4 is 25.6 Å². The number of carbonyl (C=O) groups is 2. The van der Waals surface area contributed by atoms with Crippen molar-refractivity contribution in [3.8, 4) is 0 Å². The molecule has 162 valence electrons. The first-order chi connectivity index (χ1) is 14.7. The molecule has 0 spiro atoms. The number of carbonyl (C=O) groups excluding carboxylic acids is 2. The largest absolute Gasteiger partial charge is 0.492 e. The molecule has 0 aliphatic carbocycles. The highest BCUT2D eigenvalue weighted by molar-refractivity contribution is 6.56. The Hall–Kier alpha value is -2.90. The van der Waals surface area contributed by atoms with E-state index in [1.165, 1.54) is 0 Å². The van der Waals surface area contributed by atoms with E-state index >= 15 is 0 Å². The van der Waals surface area contributed by atoms with Crippen LogP contribution in [0.4, 0.5) is 4.79 Å². The number of amides is 1. The standard InChI is InChI=1S/C24H28BNO5/c1-23(2)24(3,4)31-25(30-23)21(14-19-12-8-9-13-20(19)16-27)15-26-22(28)29-17-18-10-6-5-7-11-18/h5-14,16H,15,17H2,1-4H3,(H,26,28). The van der Waals surface area contributed by atoms with Gasteiger partial charge in [0, 0.05) is 12.1 Å². The second-order valence-corrected chi connectivity index (χ2v) is 8.47. The third-order valence-corrected chi connectivity index (χ3v) is 5.67. The van der Waals surface area contributed by atoms with Gasteiger partial charge in [0.05, 0.1) is 11.2 Å². The summed E-state index contributed by atoms with van der Waals surface area (Å²) in [6, 6.07) is 16.7. The summed E-state index contributed by atoms with van der Waals surface area (Å²) in [5.74, 6) is 0. The van der Waals surface area contributed by atoms with Gasteiger partial charge >= 0.3 is 13.2 Å². The minimum absolute atomic E-state index is 0.150. The van der Waals surface area contributed by atoms with Crippen LogP contribution in [0.2, 0.25) is 0 Å². The van der Waals surface area contributed by atoms with Gasteiger partial charge in [-0.15, -0.1) is 0 Å². The van der Waals surface area contributed by atoms with Crippen LogP contribution in [0, 0.1) is 0 Å². The lowest BCUT2D eigenvalue weighted by Crippen LogP contribution is -2.41. The highest BCUT2D eigenvalue weighted by Gasteiger charge is 2.52. The van der Waals surface area contributed by atoms with Gasteiger partial charge in [0.25, 0.3) is 0 Å². The molecule has 2 aromatic rings. The zero-order valence-electron chi connectivity index (χ0n) is 18.4. The van der Waals surface area contributed by atoms with E-state index in [4.69, 9.17) is 14.0 Å². The molecule has 1 saturated heterocycles. The van der Waals surface area contributed by atoms with Gasteiger partial charge in [0.15, 0.2) is 6.29 Å². The Bertz CT molecular complexity index is 939. The van der Waals surface area contributed by atoms with E-state index in [1.54, 1.807) is 12.1 Å². The van der Waals surface area contributed by atoms with Crippen LogP contribution in [-0.2, 0) is 20.7 Å². The number of rotatable bonds is 7. The predicted molar refractivity (Wildman–Crippen MR) is 121 cm³/mol. The smallest absolute Gasteiger partial charge is 0.445 e. The molecule has 1 fully saturated rings. The van der Waals surface area contributed by atoms with Crippen LogP contribution in [0.25, 0.3) is 6.08 Å². The lowest BCUT2D eigenvalue weighted by Gasteiger charge is -2.32. The van der Waals surface area contributed by atoms with Crippen molar-refractivity contribution in [1.82, 2.24) is 5.32 Å². The third kappa shape index (κ3) is 5.63. The first kappa shape index (κ1) is 22.8. The summed E-state index contributed by atoms with van der Waals surface area (Å²) < 4.78 is 17.6. The van der Waals surface area contributed by atoms with E-state index in [1.807, 2.05) is 76.2 Å². The van der Waals surface area contributed by atoms with Crippen LogP contribution in [0.15, 0.2) is 60.1 Å². The van der Waals surface area contributed by atoms with Crippen molar-refractivity contribution in [3.63, 3.8) is 0 Å². The zero-order valence-corrected chi connectivity index (χ0v) is 18.4. The number of benzene rings is 2. The van der Waals surface area contributed by atoms with Crippen molar-refractivity contribution < 1.29 is 23.6 Å². The zero-order chi connectivity index (χ0) is 22.5. The number of nitrogens with one attached hydrogen (secondary N) is 1. The van der Waals surface area contributed by atoms with Gasteiger partial charge < -0.3 is 19.4 Å². The van der Waals surface area contributed by atoms with Crippen LogP contribution in [0.1, 0.15) is 49.2 Å². The van der Waals surface area contributed by atoms with Gasteiger partial charge in [-0.3, -0.25) is 4.79 Å². The molecule has 0 aromatic heterocycles. The van der Waals surface area contributed by atoms with Gasteiger partial charge in [-0.1, -0.05) is 60.7 Å². The molecule has 0 radical (unpaired) electrons. The Kier molecular flexibility index (Phi) is 6.98. The number of ether oxygens (including phenoxy) is 1. The van der Waals surface area contributed by atoms with Crippen LogP contribution < -0.4 is 5.32 Å². The number of alkyl carbamates (subject to hydrolysis) is 1. The molecule has 1 aliphatic heterocycles. The lowest BCUT2D eigenvalue weighted by atomic mass is 9.76. The van der Waals surface area contributed by atoms with E-state index < -0.39 is 24.4 Å². The second-order valence-electron chi connectivity index (χ2n) is 8.47. The molecule has 2 aromatic carbocycles. The molecule has 0 bridgehead atoms. The minimum atomic E-state index is -0.667. The van der Waals surface area contributed by atoms with Crippen LogP contribution in [0.5, 0.6) is 0 Å². The minimum Gasteiger partial charge on any atom is -0.445 e. The van der Waals surface area contributed by atoms with Crippen molar-refractivity contribution in [2.24, 2.45) is 0 Å². The van der Waals surface area contributed by atoms with Crippen molar-refractivity contribution in [1.29, 1.82) is 0 Å². The summed E-state index contributed by atoms with van der Waals surface area (Å²) in [6.07, 6.45) is 2.08. The number of aldehydes is 1. The second kappa shape index (κ2) is 9.50. The average molecular weight is 421 g/mol. The number of hydrogen-bond donors (Lipinski definition) is 1. The maximum absolute atomic E-state index is 12.3. The van der Waals surface area contributed by atoms with E-state index in [2.05, 4.69) is 5.32 Å². The highest BCUT2D eigenvalue weighted by atomic mass is 16.7. The van der Waals surface area contributed by atoms with E-state index in [-0.39, 0.29) is 13.2 Å². The quantitative estimate of drug-likeness (QED) is 0.529. The summed E-state index contributed by atoms with van der Waals surface area (Å²) in [5.41, 5.74) is 1.79. The molecule has 0 atom stereocenters. The van der Waals surface area contributed by atoms with Crippen molar-refractivity contribution in [3.05, 3.63) is 76.8 Å². The molecule has 7 heteroatoms. The fourth-order valence-electron chi connectivity index (χ4n) is 3.09. The Balaban J connectivity index is 1.75. The first-order valence-corrected chi connectivity index (χ1v) is 10.3. The van der Waals surface area contributed by atoms with Crippen molar-refractivity contribution in [2.45, 2.75) is 45.5 Å². The molecule has 1 amide bonds. The molecule has 1 N–H and O–H groups in total. The van der Waals surface area contributed by atoms with E-state index in [0.717, 1.165) is 17.4 Å². The molecule has 6 nitrogen and oxygen atoms in total. The van der Waals surface area contributed by atoms with Gasteiger partial charge in [0.2, 0.25) is 0 Å². The Morgan fingerprint density at radius 3 is 2.16 bits per heavy atom. The van der Waals surface area contributed by atoms with E-state index in [0.29, 0.717) is 11.0 Å². The normalized spacial score (nSPS) is 17.3. The monoisotopic (exact) mass is 421 g/mol. The summed E-state index contributed by atoms with van der Waals surface area (Å²) >= 11 is 0. The molecule has 1 aliphatic rings. The maximum atomic E-state index is 12.3. The SMILES string of the molecule is CC1(C)OB(C(=Cc2ccccc2C=O)CNC(=O)OCc2ccccc2)OC1(C)C. The Morgan fingerprint density at radius 2 is 1.55 bits per heavy atom. The molecule has 0 unspecified atom stereocenters. The topological polar surface area (TPSA) is 73.9 Å². The Morgan fingerprint density at radius 1 is 0.968 bits per heavy atom. The highest BCUT2D eigenvalue weighted by Crippen LogP contribution is 2.38. The van der Waals surface area contributed by atoms with Crippen LogP contribution in [-0.4, -0.2) is 37.2 Å². The summed E-state index contributed by atoms with van der Waals surface area (Å²) in [5, 5.41) is 2.76. The lowest BCUT2D eigenvalue weighted by molar-refractivity contribution is 0.00578. The first-order valence-electron chi connectivity index (χ1n) is 10.3. The maximum Gasteiger partial charge on any atom is 0.492 e. The molecule has 3 rings (SSSR count). The molecule has 1 heterocycles. The summed E-state index contributed by atoms with van der Waals surface area (Å²) in [7, 11) is -0.667. The molecule has 0 saturated carbocycles. The van der Waals surface area contributed by atoms with Gasteiger partial charge in [-0.05, 0) is 44.3 Å². The van der Waals surface area contributed by atoms with Gasteiger partial charge in [0.1, 0.15) is 6.61 Å².